The zero-order valence-corrected chi connectivity index (χ0v) is 9.04. The van der Waals surface area contributed by atoms with Gasteiger partial charge < -0.3 is 4.74 Å². The number of aromatic nitrogens is 3. The molecular weight excluding hydrogens is 206 g/mol. The van der Waals surface area contributed by atoms with Crippen molar-refractivity contribution in [3.05, 3.63) is 42.0 Å². The minimum Gasteiger partial charge on any atom is -0.494 e. The lowest BCUT2D eigenvalue weighted by Crippen LogP contribution is -2.07. The largest absolute Gasteiger partial charge is 0.494 e. The van der Waals surface area contributed by atoms with Crippen LogP contribution in [0.25, 0.3) is 0 Å². The summed E-state index contributed by atoms with van der Waals surface area (Å²) in [6, 6.07) is 5.06. The summed E-state index contributed by atoms with van der Waals surface area (Å²) in [4.78, 5) is 16.0. The zero-order valence-electron chi connectivity index (χ0n) is 9.04. The van der Waals surface area contributed by atoms with Crippen molar-refractivity contribution in [2.75, 3.05) is 7.11 Å². The topological polar surface area (TPSA) is 57.0 Å². The second-order valence-electron chi connectivity index (χ2n) is 3.26. The lowest BCUT2D eigenvalue weighted by molar-refractivity contribution is 0.102. The summed E-state index contributed by atoms with van der Waals surface area (Å²) in [5, 5.41) is 4.03. The Balaban J connectivity index is 2.41. The molecule has 0 radical (unpaired) electrons. The predicted octanol–water partition coefficient (Wildman–Crippen LogP) is 1.05. The van der Waals surface area contributed by atoms with Crippen molar-refractivity contribution < 1.29 is 9.53 Å². The van der Waals surface area contributed by atoms with Crippen LogP contribution in [0.4, 0.5) is 0 Å². The summed E-state index contributed by atoms with van der Waals surface area (Å²) in [5.41, 5.74) is 0.642. The van der Waals surface area contributed by atoms with E-state index in [4.69, 9.17) is 4.74 Å². The number of rotatable bonds is 3. The van der Waals surface area contributed by atoms with Crippen molar-refractivity contribution in [1.29, 1.82) is 0 Å². The number of methoxy groups -OCH3 is 1. The van der Waals surface area contributed by atoms with Crippen LogP contribution < -0.4 is 4.74 Å². The molecule has 0 bridgehead atoms. The first-order chi connectivity index (χ1) is 7.72. The van der Waals surface area contributed by atoms with Gasteiger partial charge in [-0.25, -0.2) is 4.98 Å². The highest BCUT2D eigenvalue weighted by Gasteiger charge is 2.17. The molecule has 5 heteroatoms. The number of hydrogen-bond acceptors (Lipinski definition) is 4. The third kappa shape index (κ3) is 1.79. The Morgan fingerprint density at radius 2 is 2.25 bits per heavy atom. The fraction of sp³-hybridized carbons (Fsp3) is 0.182. The van der Waals surface area contributed by atoms with Crippen LogP contribution in [0, 0.1) is 0 Å². The molecule has 0 unspecified atom stereocenters. The predicted molar refractivity (Wildman–Crippen MR) is 57.4 cm³/mol. The average Bonchev–Trinajstić information content (AvgIpc) is 2.75. The van der Waals surface area contributed by atoms with Crippen LogP contribution in [0.5, 0.6) is 5.75 Å². The maximum Gasteiger partial charge on any atom is 0.235 e. The van der Waals surface area contributed by atoms with Crippen molar-refractivity contribution in [3.63, 3.8) is 0 Å². The van der Waals surface area contributed by atoms with Crippen LogP contribution in [0.15, 0.2) is 30.6 Å². The molecule has 82 valence electrons. The number of carbonyl (C=O) groups is 1. The molecule has 5 nitrogen and oxygen atoms in total. The Bertz CT molecular complexity index is 519. The van der Waals surface area contributed by atoms with Gasteiger partial charge in [0.2, 0.25) is 5.78 Å². The van der Waals surface area contributed by atoms with Gasteiger partial charge in [-0.1, -0.05) is 0 Å². The van der Waals surface area contributed by atoms with Gasteiger partial charge in [0.15, 0.2) is 5.69 Å². The van der Waals surface area contributed by atoms with Gasteiger partial charge in [-0.2, -0.15) is 5.10 Å². The maximum atomic E-state index is 12.0. The van der Waals surface area contributed by atoms with E-state index in [2.05, 4.69) is 10.1 Å². The number of nitrogens with zero attached hydrogens (tertiary/aromatic N) is 3. The number of aryl methyl sites for hydroxylation is 1. The molecule has 2 aromatic heterocycles. The summed E-state index contributed by atoms with van der Waals surface area (Å²) in [6.45, 7) is 0. The minimum absolute atomic E-state index is 0.238. The van der Waals surface area contributed by atoms with E-state index < -0.39 is 0 Å². The third-order valence-corrected chi connectivity index (χ3v) is 2.15. The molecule has 0 spiro atoms. The number of ketones is 1. The highest BCUT2D eigenvalue weighted by atomic mass is 16.5. The number of hydrogen-bond donors (Lipinski definition) is 0. The SMILES string of the molecule is COc1cccnc1C(=O)c1ccn(C)n1. The highest BCUT2D eigenvalue weighted by molar-refractivity contribution is 6.07. The number of carbonyl (C=O) groups excluding carboxylic acids is 1. The lowest BCUT2D eigenvalue weighted by Gasteiger charge is -2.03. The normalized spacial score (nSPS) is 10.1. The van der Waals surface area contributed by atoms with Gasteiger partial charge in [-0.15, -0.1) is 0 Å². The molecule has 0 fully saturated rings. The van der Waals surface area contributed by atoms with Gasteiger partial charge in [-0.3, -0.25) is 9.48 Å². The van der Waals surface area contributed by atoms with Gasteiger partial charge in [0.05, 0.1) is 7.11 Å². The molecule has 0 aromatic carbocycles. The van der Waals surface area contributed by atoms with Crippen LogP contribution in [-0.2, 0) is 7.05 Å². The van der Waals surface area contributed by atoms with Crippen LogP contribution in [0.2, 0.25) is 0 Å². The van der Waals surface area contributed by atoms with Gasteiger partial charge >= 0.3 is 0 Å². The Morgan fingerprint density at radius 1 is 1.44 bits per heavy atom. The number of ether oxygens (including phenoxy) is 1. The van der Waals surface area contributed by atoms with E-state index in [1.165, 1.54) is 7.11 Å². The van der Waals surface area contributed by atoms with Crippen LogP contribution in [0.1, 0.15) is 16.2 Å². The Morgan fingerprint density at radius 3 is 2.88 bits per heavy atom. The van der Waals surface area contributed by atoms with Crippen molar-refractivity contribution in [1.82, 2.24) is 14.8 Å². The second kappa shape index (κ2) is 4.14. The summed E-state index contributed by atoms with van der Waals surface area (Å²) in [7, 11) is 3.26. The Hall–Kier alpha value is -2.17. The molecule has 0 amide bonds. The molecule has 2 heterocycles. The van der Waals surface area contributed by atoms with E-state index >= 15 is 0 Å². The minimum atomic E-state index is -0.238. The fourth-order valence-electron chi connectivity index (χ4n) is 1.38. The van der Waals surface area contributed by atoms with Gasteiger partial charge in [-0.05, 0) is 18.2 Å². The highest BCUT2D eigenvalue weighted by Crippen LogP contribution is 2.17. The molecule has 0 saturated heterocycles. The molecule has 2 rings (SSSR count). The standard InChI is InChI=1S/C11H11N3O2/c1-14-7-5-8(13-14)11(15)10-9(16-2)4-3-6-12-10/h3-7H,1-2H3. The summed E-state index contributed by atoms with van der Waals surface area (Å²) in [6.07, 6.45) is 3.27. The van der Waals surface area contributed by atoms with E-state index in [1.54, 1.807) is 42.3 Å². The molecule has 2 aromatic rings. The van der Waals surface area contributed by atoms with Crippen LogP contribution in [0.3, 0.4) is 0 Å². The van der Waals surface area contributed by atoms with Crippen molar-refractivity contribution in [2.24, 2.45) is 7.05 Å². The molecule has 0 aliphatic carbocycles. The first kappa shape index (κ1) is 10.4. The Labute approximate surface area is 92.7 Å². The molecule has 0 atom stereocenters. The summed E-state index contributed by atoms with van der Waals surface area (Å²) in [5.74, 6) is 0.219. The van der Waals surface area contributed by atoms with Crippen LogP contribution in [-0.4, -0.2) is 27.7 Å². The van der Waals surface area contributed by atoms with E-state index in [0.29, 0.717) is 11.4 Å². The molecular formula is C11H11N3O2. The van der Waals surface area contributed by atoms with Crippen LogP contribution >= 0.6 is 0 Å². The smallest absolute Gasteiger partial charge is 0.235 e. The molecule has 0 aliphatic rings. The number of pyridine rings is 1. The van der Waals surface area contributed by atoms with Crippen molar-refractivity contribution in [2.45, 2.75) is 0 Å². The quantitative estimate of drug-likeness (QED) is 0.721. The zero-order chi connectivity index (χ0) is 11.5. The molecule has 16 heavy (non-hydrogen) atoms. The first-order valence-corrected chi connectivity index (χ1v) is 4.75. The molecule has 0 saturated carbocycles. The van der Waals surface area contributed by atoms with E-state index in [-0.39, 0.29) is 11.5 Å². The van der Waals surface area contributed by atoms with Crippen molar-refractivity contribution in [3.8, 4) is 5.75 Å². The van der Waals surface area contributed by atoms with E-state index in [0.717, 1.165) is 0 Å². The van der Waals surface area contributed by atoms with E-state index in [9.17, 15) is 4.79 Å². The lowest BCUT2D eigenvalue weighted by atomic mass is 10.2. The van der Waals surface area contributed by atoms with Crippen molar-refractivity contribution >= 4 is 5.78 Å². The monoisotopic (exact) mass is 217 g/mol. The Kier molecular flexibility index (Phi) is 2.68. The maximum absolute atomic E-state index is 12.0. The average molecular weight is 217 g/mol. The molecule has 0 aliphatic heterocycles. The van der Waals surface area contributed by atoms with Gasteiger partial charge in [0, 0.05) is 19.4 Å². The molecule has 0 N–H and O–H groups in total. The van der Waals surface area contributed by atoms with Gasteiger partial charge in [0.1, 0.15) is 11.4 Å². The van der Waals surface area contributed by atoms with E-state index in [1.807, 2.05) is 0 Å². The first-order valence-electron chi connectivity index (χ1n) is 4.75. The summed E-state index contributed by atoms with van der Waals surface area (Å²) < 4.78 is 6.65. The summed E-state index contributed by atoms with van der Waals surface area (Å²) >= 11 is 0. The van der Waals surface area contributed by atoms with Gasteiger partial charge in [0.25, 0.3) is 0 Å². The fourth-order valence-corrected chi connectivity index (χ4v) is 1.38. The third-order valence-electron chi connectivity index (χ3n) is 2.15. The second-order valence-corrected chi connectivity index (χ2v) is 3.26.